The molecule has 0 aliphatic carbocycles. The third-order valence-corrected chi connectivity index (χ3v) is 3.62. The Morgan fingerprint density at radius 1 is 1.19 bits per heavy atom. The molecule has 0 heterocycles. The molecular formula is C15H14BrFN2O2. The Morgan fingerprint density at radius 3 is 2.29 bits per heavy atom. The molecule has 6 heteroatoms. The van der Waals surface area contributed by atoms with E-state index in [1.165, 1.54) is 12.1 Å². The van der Waals surface area contributed by atoms with E-state index in [2.05, 4.69) is 15.9 Å². The second-order valence-corrected chi connectivity index (χ2v) is 5.56. The minimum Gasteiger partial charge on any atom is -0.455 e. The van der Waals surface area contributed by atoms with E-state index in [0.717, 1.165) is 0 Å². The molecule has 0 fully saturated rings. The molecule has 0 saturated heterocycles. The zero-order chi connectivity index (χ0) is 15.7. The van der Waals surface area contributed by atoms with E-state index in [0.29, 0.717) is 28.1 Å². The first kappa shape index (κ1) is 15.3. The standard InChI is InChI=1S/C15H14BrFN2O2/c1-7-3-9(15(19)20)4-8(2)14(7)21-13-6-11(17)10(16)5-12(13)18/h3-6H,18H2,1-2H3,(H2,19,20). The number of hydrogen-bond donors (Lipinski definition) is 2. The molecule has 2 rings (SSSR count). The second-order valence-electron chi connectivity index (χ2n) is 4.71. The van der Waals surface area contributed by atoms with Crippen molar-refractivity contribution in [3.63, 3.8) is 0 Å². The second kappa shape index (κ2) is 5.73. The fraction of sp³-hybridized carbons (Fsp3) is 0.133. The summed E-state index contributed by atoms with van der Waals surface area (Å²) in [6.45, 7) is 3.56. The lowest BCUT2D eigenvalue weighted by atomic mass is 10.1. The molecule has 2 aromatic rings. The summed E-state index contributed by atoms with van der Waals surface area (Å²) < 4.78 is 19.6. The highest BCUT2D eigenvalue weighted by atomic mass is 79.9. The van der Waals surface area contributed by atoms with Crippen molar-refractivity contribution in [2.24, 2.45) is 5.73 Å². The number of hydrogen-bond acceptors (Lipinski definition) is 3. The summed E-state index contributed by atoms with van der Waals surface area (Å²) in [4.78, 5) is 11.2. The molecule has 4 N–H and O–H groups in total. The van der Waals surface area contributed by atoms with Crippen LogP contribution in [0.4, 0.5) is 10.1 Å². The number of rotatable bonds is 3. The highest BCUT2D eigenvalue weighted by Crippen LogP contribution is 2.35. The maximum Gasteiger partial charge on any atom is 0.248 e. The van der Waals surface area contributed by atoms with Crippen molar-refractivity contribution in [2.75, 3.05) is 5.73 Å². The number of amides is 1. The van der Waals surface area contributed by atoms with Crippen molar-refractivity contribution in [3.8, 4) is 11.5 Å². The van der Waals surface area contributed by atoms with Gasteiger partial charge in [-0.3, -0.25) is 4.79 Å². The monoisotopic (exact) mass is 352 g/mol. The summed E-state index contributed by atoms with van der Waals surface area (Å²) in [5, 5.41) is 0. The average Bonchev–Trinajstić information content (AvgIpc) is 2.39. The summed E-state index contributed by atoms with van der Waals surface area (Å²) in [6.07, 6.45) is 0. The van der Waals surface area contributed by atoms with Gasteiger partial charge >= 0.3 is 0 Å². The fourth-order valence-corrected chi connectivity index (χ4v) is 2.36. The van der Waals surface area contributed by atoms with Gasteiger partial charge in [0.25, 0.3) is 0 Å². The van der Waals surface area contributed by atoms with Crippen molar-refractivity contribution in [2.45, 2.75) is 13.8 Å². The quantitative estimate of drug-likeness (QED) is 0.827. The van der Waals surface area contributed by atoms with E-state index in [9.17, 15) is 9.18 Å². The number of carbonyl (C=O) groups excluding carboxylic acids is 1. The lowest BCUT2D eigenvalue weighted by Gasteiger charge is -2.15. The van der Waals surface area contributed by atoms with Crippen LogP contribution < -0.4 is 16.2 Å². The highest BCUT2D eigenvalue weighted by Gasteiger charge is 2.13. The summed E-state index contributed by atoms with van der Waals surface area (Å²) in [7, 11) is 0. The molecule has 0 aromatic heterocycles. The molecule has 21 heavy (non-hydrogen) atoms. The molecule has 0 aliphatic heterocycles. The Balaban J connectivity index is 2.45. The summed E-state index contributed by atoms with van der Waals surface area (Å²) in [6, 6.07) is 5.89. The summed E-state index contributed by atoms with van der Waals surface area (Å²) >= 11 is 3.06. The van der Waals surface area contributed by atoms with Crippen molar-refractivity contribution < 1.29 is 13.9 Å². The first-order chi connectivity index (χ1) is 9.79. The molecule has 0 radical (unpaired) electrons. The maximum absolute atomic E-state index is 13.6. The van der Waals surface area contributed by atoms with E-state index >= 15 is 0 Å². The van der Waals surface area contributed by atoms with E-state index in [4.69, 9.17) is 16.2 Å². The van der Waals surface area contributed by atoms with Gasteiger partial charge in [-0.05, 0) is 59.1 Å². The minimum atomic E-state index is -0.512. The van der Waals surface area contributed by atoms with Crippen LogP contribution in [0.25, 0.3) is 0 Å². The Morgan fingerprint density at radius 2 is 1.76 bits per heavy atom. The molecule has 0 atom stereocenters. The number of halogens is 2. The number of anilines is 1. The predicted octanol–water partition coefficient (Wildman–Crippen LogP) is 3.68. The Kier molecular flexibility index (Phi) is 4.18. The number of benzene rings is 2. The molecule has 0 spiro atoms. The van der Waals surface area contributed by atoms with Gasteiger partial charge in [-0.1, -0.05) is 0 Å². The van der Waals surface area contributed by atoms with Crippen LogP contribution in [-0.2, 0) is 0 Å². The SMILES string of the molecule is Cc1cc(C(N)=O)cc(C)c1Oc1cc(F)c(Br)cc1N. The molecule has 1 amide bonds. The van der Waals surface area contributed by atoms with Gasteiger partial charge in [-0.2, -0.15) is 0 Å². The van der Waals surface area contributed by atoms with E-state index in [1.807, 2.05) is 0 Å². The molecule has 0 unspecified atom stereocenters. The van der Waals surface area contributed by atoms with E-state index in [-0.39, 0.29) is 10.2 Å². The molecular weight excluding hydrogens is 339 g/mol. The van der Waals surface area contributed by atoms with Crippen LogP contribution in [0.15, 0.2) is 28.7 Å². The third-order valence-electron chi connectivity index (χ3n) is 3.01. The van der Waals surface area contributed by atoms with Crippen LogP contribution in [0.1, 0.15) is 21.5 Å². The van der Waals surface area contributed by atoms with Gasteiger partial charge in [0, 0.05) is 11.6 Å². The van der Waals surface area contributed by atoms with Crippen LogP contribution in [0, 0.1) is 19.7 Å². The molecule has 0 aliphatic rings. The van der Waals surface area contributed by atoms with Crippen LogP contribution in [0.3, 0.4) is 0 Å². The molecule has 110 valence electrons. The highest BCUT2D eigenvalue weighted by molar-refractivity contribution is 9.10. The predicted molar refractivity (Wildman–Crippen MR) is 83.0 cm³/mol. The Bertz CT molecular complexity index is 709. The number of aryl methyl sites for hydroxylation is 2. The van der Waals surface area contributed by atoms with Gasteiger partial charge in [-0.25, -0.2) is 4.39 Å². The molecule has 2 aromatic carbocycles. The van der Waals surface area contributed by atoms with Crippen molar-refractivity contribution >= 4 is 27.5 Å². The van der Waals surface area contributed by atoms with Crippen molar-refractivity contribution in [1.82, 2.24) is 0 Å². The van der Waals surface area contributed by atoms with Crippen LogP contribution >= 0.6 is 15.9 Å². The molecule has 4 nitrogen and oxygen atoms in total. The zero-order valence-electron chi connectivity index (χ0n) is 11.5. The molecule has 0 saturated carbocycles. The van der Waals surface area contributed by atoms with Gasteiger partial charge in [0.2, 0.25) is 5.91 Å². The minimum absolute atomic E-state index is 0.216. The number of nitrogen functional groups attached to an aromatic ring is 1. The molecule has 0 bridgehead atoms. The number of carbonyl (C=O) groups is 1. The van der Waals surface area contributed by atoms with Gasteiger partial charge in [0.1, 0.15) is 11.6 Å². The van der Waals surface area contributed by atoms with E-state index < -0.39 is 11.7 Å². The topological polar surface area (TPSA) is 78.3 Å². The number of ether oxygens (including phenoxy) is 1. The Labute approximate surface area is 130 Å². The van der Waals surface area contributed by atoms with Crippen molar-refractivity contribution in [1.29, 1.82) is 0 Å². The van der Waals surface area contributed by atoms with Gasteiger partial charge in [-0.15, -0.1) is 0 Å². The van der Waals surface area contributed by atoms with E-state index in [1.54, 1.807) is 26.0 Å². The smallest absolute Gasteiger partial charge is 0.248 e. The summed E-state index contributed by atoms with van der Waals surface area (Å²) in [5.41, 5.74) is 13.2. The largest absolute Gasteiger partial charge is 0.455 e. The average molecular weight is 353 g/mol. The van der Waals surface area contributed by atoms with Crippen LogP contribution in [0.2, 0.25) is 0 Å². The van der Waals surface area contributed by atoms with Gasteiger partial charge < -0.3 is 16.2 Å². The van der Waals surface area contributed by atoms with Crippen LogP contribution in [-0.4, -0.2) is 5.91 Å². The zero-order valence-corrected chi connectivity index (χ0v) is 13.1. The number of primary amides is 1. The fourth-order valence-electron chi connectivity index (χ4n) is 2.00. The maximum atomic E-state index is 13.6. The van der Waals surface area contributed by atoms with Gasteiger partial charge in [0.15, 0.2) is 5.75 Å². The Hall–Kier alpha value is -2.08. The summed E-state index contributed by atoms with van der Waals surface area (Å²) in [5.74, 6) is -0.243. The number of nitrogens with two attached hydrogens (primary N) is 2. The third kappa shape index (κ3) is 3.16. The van der Waals surface area contributed by atoms with Crippen molar-refractivity contribution in [3.05, 3.63) is 51.2 Å². The van der Waals surface area contributed by atoms with Gasteiger partial charge in [0.05, 0.1) is 10.2 Å². The lowest BCUT2D eigenvalue weighted by Crippen LogP contribution is -2.11. The first-order valence-electron chi connectivity index (χ1n) is 6.13. The first-order valence-corrected chi connectivity index (χ1v) is 6.92. The van der Waals surface area contributed by atoms with Crippen LogP contribution in [0.5, 0.6) is 11.5 Å². The normalized spacial score (nSPS) is 10.5. The lowest BCUT2D eigenvalue weighted by molar-refractivity contribution is 0.1000.